The lowest BCUT2D eigenvalue weighted by Gasteiger charge is -2.16. The Labute approximate surface area is 235 Å². The van der Waals surface area contributed by atoms with Gasteiger partial charge in [-0.1, -0.05) is 36.3 Å². The molecule has 5 rings (SSSR count). The standard InChI is InChI=1S/C27H32N8O6/c1-34(27(39)29-11-13-40-14-16-6-3-2-4-7-16)12-5-8-18-32-23(28)19-24(33-18)35(15-30-19)26-21(37)20(36)22(41-26)25(38)31-17-9-10-17/h2-4,6-7,15,17,20-22,26,36-37H,9-14H2,1H3,(H,29,39)(H,31,38)(H2,28,32,33). The van der Waals surface area contributed by atoms with Crippen molar-refractivity contribution in [3.8, 4) is 11.8 Å². The van der Waals surface area contributed by atoms with Crippen LogP contribution in [0.4, 0.5) is 10.6 Å². The van der Waals surface area contributed by atoms with Gasteiger partial charge < -0.3 is 41.0 Å². The van der Waals surface area contributed by atoms with Crippen LogP contribution in [-0.4, -0.2) is 97.7 Å². The fourth-order valence-electron chi connectivity index (χ4n) is 4.24. The molecule has 1 aromatic carbocycles. The highest BCUT2D eigenvalue weighted by atomic mass is 16.6. The monoisotopic (exact) mass is 564 g/mol. The minimum Gasteiger partial charge on any atom is -0.387 e. The summed E-state index contributed by atoms with van der Waals surface area (Å²) < 4.78 is 12.7. The number of ether oxygens (including phenoxy) is 2. The van der Waals surface area contributed by atoms with E-state index in [0.29, 0.717) is 19.8 Å². The van der Waals surface area contributed by atoms with E-state index in [1.807, 2.05) is 30.3 Å². The molecule has 4 atom stereocenters. The Morgan fingerprint density at radius 1 is 1.22 bits per heavy atom. The van der Waals surface area contributed by atoms with Crippen molar-refractivity contribution >= 4 is 28.9 Å². The number of imidazole rings is 1. The average molecular weight is 565 g/mol. The minimum absolute atomic E-state index is 0.0516. The summed E-state index contributed by atoms with van der Waals surface area (Å²) in [5.41, 5.74) is 7.58. The number of aromatic nitrogens is 4. The molecule has 0 bridgehead atoms. The van der Waals surface area contributed by atoms with E-state index in [0.717, 1.165) is 18.4 Å². The fraction of sp³-hybridized carbons (Fsp3) is 0.444. The molecular weight excluding hydrogens is 532 g/mol. The number of aliphatic hydroxyl groups is 2. The van der Waals surface area contributed by atoms with Gasteiger partial charge >= 0.3 is 6.03 Å². The Balaban J connectivity index is 1.17. The van der Waals surface area contributed by atoms with Crippen LogP contribution in [0.15, 0.2) is 36.7 Å². The second-order valence-electron chi connectivity index (χ2n) is 9.90. The van der Waals surface area contributed by atoms with Gasteiger partial charge in [-0.2, -0.15) is 0 Å². The number of rotatable bonds is 9. The minimum atomic E-state index is -1.44. The summed E-state index contributed by atoms with van der Waals surface area (Å²) in [6.07, 6.45) is -2.14. The molecule has 2 fully saturated rings. The molecule has 216 valence electrons. The number of carbonyl (C=O) groups excluding carboxylic acids is 2. The molecule has 6 N–H and O–H groups in total. The van der Waals surface area contributed by atoms with Crippen LogP contribution in [0.1, 0.15) is 30.5 Å². The number of hydrogen-bond donors (Lipinski definition) is 5. The molecule has 4 unspecified atom stereocenters. The van der Waals surface area contributed by atoms with Crippen molar-refractivity contribution < 1.29 is 29.3 Å². The highest BCUT2D eigenvalue weighted by Gasteiger charge is 2.48. The summed E-state index contributed by atoms with van der Waals surface area (Å²) in [6, 6.07) is 9.51. The Kier molecular flexibility index (Phi) is 8.60. The van der Waals surface area contributed by atoms with Crippen LogP contribution < -0.4 is 16.4 Å². The normalized spacial score (nSPS) is 21.7. The fourth-order valence-corrected chi connectivity index (χ4v) is 4.24. The van der Waals surface area contributed by atoms with Crippen molar-refractivity contribution in [2.75, 3.05) is 32.5 Å². The molecule has 3 heterocycles. The third-order valence-electron chi connectivity index (χ3n) is 6.64. The van der Waals surface area contributed by atoms with Gasteiger partial charge in [0.15, 0.2) is 23.8 Å². The third-order valence-corrected chi connectivity index (χ3v) is 6.64. The van der Waals surface area contributed by atoms with Crippen molar-refractivity contribution in [3.05, 3.63) is 48.0 Å². The predicted octanol–water partition coefficient (Wildman–Crippen LogP) is -0.484. The van der Waals surface area contributed by atoms with Gasteiger partial charge in [-0.15, -0.1) is 0 Å². The summed E-state index contributed by atoms with van der Waals surface area (Å²) in [6.45, 7) is 1.26. The van der Waals surface area contributed by atoms with Gasteiger partial charge in [-0.3, -0.25) is 9.36 Å². The first kappa shape index (κ1) is 28.2. The van der Waals surface area contributed by atoms with Crippen molar-refractivity contribution in [2.45, 2.75) is 50.0 Å². The molecule has 1 aliphatic heterocycles. The zero-order valence-electron chi connectivity index (χ0n) is 22.4. The van der Waals surface area contributed by atoms with Gasteiger partial charge in [0, 0.05) is 19.6 Å². The van der Waals surface area contributed by atoms with E-state index >= 15 is 0 Å². The number of nitrogens with one attached hydrogen (secondary N) is 2. The van der Waals surface area contributed by atoms with Crippen LogP contribution in [-0.2, 0) is 20.9 Å². The molecule has 1 saturated heterocycles. The van der Waals surface area contributed by atoms with E-state index in [4.69, 9.17) is 15.2 Å². The lowest BCUT2D eigenvalue weighted by atomic mass is 10.1. The summed E-state index contributed by atoms with van der Waals surface area (Å²) >= 11 is 0. The highest BCUT2D eigenvalue weighted by Crippen LogP contribution is 2.33. The van der Waals surface area contributed by atoms with E-state index in [9.17, 15) is 19.8 Å². The Morgan fingerprint density at radius 3 is 2.76 bits per heavy atom. The van der Waals surface area contributed by atoms with Crippen molar-refractivity contribution in [1.29, 1.82) is 0 Å². The molecular formula is C27H32N8O6. The number of anilines is 1. The Hall–Kier alpha value is -4.29. The number of fused-ring (bicyclic) bond motifs is 1. The number of nitrogen functional groups attached to an aromatic ring is 1. The van der Waals surface area contributed by atoms with Crippen LogP contribution in [0, 0.1) is 11.8 Å². The summed E-state index contributed by atoms with van der Waals surface area (Å²) in [5, 5.41) is 26.6. The second-order valence-corrected chi connectivity index (χ2v) is 9.90. The largest absolute Gasteiger partial charge is 0.387 e. The van der Waals surface area contributed by atoms with Crippen molar-refractivity contribution in [1.82, 2.24) is 35.1 Å². The van der Waals surface area contributed by atoms with Gasteiger partial charge in [0.2, 0.25) is 5.82 Å². The number of benzene rings is 1. The van der Waals surface area contributed by atoms with Gasteiger partial charge in [0.25, 0.3) is 5.91 Å². The maximum atomic E-state index is 12.5. The highest BCUT2D eigenvalue weighted by molar-refractivity contribution is 5.83. The molecule has 2 aliphatic rings. The molecule has 14 heteroatoms. The van der Waals surface area contributed by atoms with Crippen LogP contribution in [0.2, 0.25) is 0 Å². The van der Waals surface area contributed by atoms with Gasteiger partial charge in [0.05, 0.1) is 26.1 Å². The molecule has 0 spiro atoms. The molecule has 1 aliphatic carbocycles. The molecule has 3 amide bonds. The Bertz CT molecular complexity index is 1450. The number of carbonyl (C=O) groups is 2. The predicted molar refractivity (Wildman–Crippen MR) is 146 cm³/mol. The number of amides is 3. The number of nitrogens with zero attached hydrogens (tertiary/aromatic N) is 5. The van der Waals surface area contributed by atoms with Gasteiger partial charge in [0.1, 0.15) is 17.7 Å². The molecule has 41 heavy (non-hydrogen) atoms. The summed E-state index contributed by atoms with van der Waals surface area (Å²) in [4.78, 5) is 39.0. The van der Waals surface area contributed by atoms with Crippen molar-refractivity contribution in [3.63, 3.8) is 0 Å². The number of aliphatic hydroxyl groups excluding tert-OH is 2. The topological polar surface area (TPSA) is 190 Å². The zero-order chi connectivity index (χ0) is 28.9. The molecule has 1 saturated carbocycles. The summed E-state index contributed by atoms with van der Waals surface area (Å²) in [5.74, 6) is 5.26. The second kappa shape index (κ2) is 12.5. The maximum Gasteiger partial charge on any atom is 0.318 e. The van der Waals surface area contributed by atoms with E-state index in [1.165, 1.54) is 15.8 Å². The van der Waals surface area contributed by atoms with Crippen LogP contribution >= 0.6 is 0 Å². The molecule has 14 nitrogen and oxygen atoms in total. The SMILES string of the molecule is CN(CC#Cc1nc(N)c2ncn(C3OC(C(=O)NC4CC4)C(O)C3O)c2n1)C(=O)NCCOCc1ccccc1. The number of urea groups is 1. The quantitative estimate of drug-likeness (QED) is 0.168. The maximum absolute atomic E-state index is 12.5. The molecule has 3 aromatic rings. The van der Waals surface area contributed by atoms with Gasteiger partial charge in [-0.05, 0) is 24.3 Å². The van der Waals surface area contributed by atoms with E-state index in [2.05, 4.69) is 37.4 Å². The first-order valence-corrected chi connectivity index (χ1v) is 13.2. The first-order valence-electron chi connectivity index (χ1n) is 13.2. The van der Waals surface area contributed by atoms with E-state index in [1.54, 1.807) is 7.05 Å². The zero-order valence-corrected chi connectivity index (χ0v) is 22.4. The van der Waals surface area contributed by atoms with Gasteiger partial charge in [-0.25, -0.2) is 19.7 Å². The van der Waals surface area contributed by atoms with Crippen LogP contribution in [0.5, 0.6) is 0 Å². The summed E-state index contributed by atoms with van der Waals surface area (Å²) in [7, 11) is 1.60. The number of nitrogens with two attached hydrogens (primary N) is 1. The van der Waals surface area contributed by atoms with Crippen LogP contribution in [0.3, 0.4) is 0 Å². The molecule has 2 aromatic heterocycles. The molecule has 0 radical (unpaired) electrons. The smallest absolute Gasteiger partial charge is 0.318 e. The van der Waals surface area contributed by atoms with E-state index in [-0.39, 0.29) is 41.4 Å². The van der Waals surface area contributed by atoms with Crippen LogP contribution in [0.25, 0.3) is 11.2 Å². The lowest BCUT2D eigenvalue weighted by Crippen LogP contribution is -2.43. The number of hydrogen-bond acceptors (Lipinski definition) is 10. The first-order chi connectivity index (χ1) is 19.8. The third kappa shape index (κ3) is 6.72. The Morgan fingerprint density at radius 2 is 2.00 bits per heavy atom. The van der Waals surface area contributed by atoms with E-state index < -0.39 is 30.4 Å². The lowest BCUT2D eigenvalue weighted by molar-refractivity contribution is -0.137. The average Bonchev–Trinajstić information content (AvgIpc) is 3.60. The van der Waals surface area contributed by atoms with Crippen molar-refractivity contribution in [2.24, 2.45) is 0 Å².